The predicted octanol–water partition coefficient (Wildman–Crippen LogP) is 1.05. The van der Waals surface area contributed by atoms with E-state index in [9.17, 15) is 28.8 Å². The lowest BCUT2D eigenvalue weighted by Crippen LogP contribution is -2.42. The monoisotopic (exact) mass is 979 g/mol. The van der Waals surface area contributed by atoms with Crippen molar-refractivity contribution in [3.8, 4) is 0 Å². The zero-order valence-electron chi connectivity index (χ0n) is 43.5. The van der Waals surface area contributed by atoms with Crippen LogP contribution in [0.4, 0.5) is 9.59 Å². The van der Waals surface area contributed by atoms with Gasteiger partial charge in [-0.1, -0.05) is 25.7 Å². The molecule has 0 spiro atoms. The summed E-state index contributed by atoms with van der Waals surface area (Å²) in [6, 6.07) is 0. The minimum absolute atomic E-state index is 0.0216. The first-order valence-electron chi connectivity index (χ1n) is 24.4. The van der Waals surface area contributed by atoms with Crippen LogP contribution in [0.1, 0.15) is 119 Å². The minimum atomic E-state index is -0.506. The van der Waals surface area contributed by atoms with E-state index in [0.717, 1.165) is 64.5 Å². The summed E-state index contributed by atoms with van der Waals surface area (Å²) in [7, 11) is 2.73. The van der Waals surface area contributed by atoms with Crippen molar-refractivity contribution in [2.24, 2.45) is 34.4 Å². The highest BCUT2D eigenvalue weighted by Gasteiger charge is 2.19. The fraction of sp³-hybridized carbons (Fsp3) is 0.870. The SMILES string of the molecule is CC(C)(C)OC(=O)NCCCCCCN(CCC(=O)N(CCN)CCN)CCC(=O)N(CCN)CCN.COC(=O)CCN(CCCCCCNC(=O)OC(C)(C)C)CCC(=O)OC.NCCN. The first-order chi connectivity index (χ1) is 32.2. The van der Waals surface area contributed by atoms with Crippen LogP contribution in [0.2, 0.25) is 0 Å². The van der Waals surface area contributed by atoms with Crippen molar-refractivity contribution < 1.29 is 47.7 Å². The normalized spacial score (nSPS) is 11.1. The number of unbranched alkanes of at least 4 members (excludes halogenated alkanes) is 6. The van der Waals surface area contributed by atoms with Crippen molar-refractivity contribution in [1.29, 1.82) is 0 Å². The molecule has 14 N–H and O–H groups in total. The van der Waals surface area contributed by atoms with Gasteiger partial charge in [0.25, 0.3) is 0 Å². The third-order valence-electron chi connectivity index (χ3n) is 9.61. The second-order valence-corrected chi connectivity index (χ2v) is 18.0. The molecule has 0 aromatic rings. The quantitative estimate of drug-likeness (QED) is 0.0250. The number of methoxy groups -OCH3 is 2. The largest absolute Gasteiger partial charge is 0.469 e. The predicted molar refractivity (Wildman–Crippen MR) is 268 cm³/mol. The van der Waals surface area contributed by atoms with Crippen LogP contribution in [0.5, 0.6) is 0 Å². The van der Waals surface area contributed by atoms with Gasteiger partial charge >= 0.3 is 24.1 Å². The van der Waals surface area contributed by atoms with E-state index < -0.39 is 17.3 Å². The molecule has 0 radical (unpaired) electrons. The Bertz CT molecular complexity index is 1240. The number of nitrogens with one attached hydrogen (secondary N) is 2. The van der Waals surface area contributed by atoms with E-state index in [-0.39, 0.29) is 29.8 Å². The van der Waals surface area contributed by atoms with E-state index in [4.69, 9.17) is 43.9 Å². The van der Waals surface area contributed by atoms with Crippen molar-refractivity contribution in [3.63, 3.8) is 0 Å². The molecule has 0 aliphatic heterocycles. The van der Waals surface area contributed by atoms with Crippen molar-refractivity contribution in [2.45, 2.75) is 130 Å². The van der Waals surface area contributed by atoms with Gasteiger partial charge in [-0.2, -0.15) is 0 Å². The highest BCUT2D eigenvalue weighted by molar-refractivity contribution is 5.77. The highest BCUT2D eigenvalue weighted by atomic mass is 16.6. The molecule has 22 heteroatoms. The smallest absolute Gasteiger partial charge is 0.407 e. The molecule has 22 nitrogen and oxygen atoms in total. The summed E-state index contributed by atoms with van der Waals surface area (Å²) in [5.74, 6) is -0.473. The van der Waals surface area contributed by atoms with E-state index in [1.807, 2.05) is 41.5 Å². The third-order valence-corrected chi connectivity index (χ3v) is 9.61. The summed E-state index contributed by atoms with van der Waals surface area (Å²) in [6.07, 6.45) is 8.07. The van der Waals surface area contributed by atoms with Gasteiger partial charge in [-0.25, -0.2) is 9.59 Å². The molecule has 0 aromatic carbocycles. The first-order valence-corrected chi connectivity index (χ1v) is 24.4. The maximum absolute atomic E-state index is 12.7. The molecule has 0 rings (SSSR count). The first kappa shape index (κ1) is 68.4. The van der Waals surface area contributed by atoms with E-state index in [1.54, 1.807) is 9.80 Å². The molecule has 0 aromatic heterocycles. The molecule has 4 amide bonds. The maximum Gasteiger partial charge on any atom is 0.407 e. The Kier molecular flexibility index (Phi) is 44.6. The number of amides is 4. The Labute approximate surface area is 409 Å². The second-order valence-electron chi connectivity index (χ2n) is 18.0. The molecular formula is C46H98N12O10. The fourth-order valence-electron chi connectivity index (χ4n) is 6.18. The molecule has 68 heavy (non-hydrogen) atoms. The van der Waals surface area contributed by atoms with Crippen molar-refractivity contribution in [1.82, 2.24) is 30.2 Å². The van der Waals surface area contributed by atoms with E-state index in [1.165, 1.54) is 14.2 Å². The lowest BCUT2D eigenvalue weighted by Gasteiger charge is -2.27. The van der Waals surface area contributed by atoms with E-state index in [0.29, 0.717) is 130 Å². The molecule has 0 fully saturated rings. The molecule has 0 aliphatic carbocycles. The van der Waals surface area contributed by atoms with Gasteiger partial charge in [0.05, 0.1) is 27.1 Å². The van der Waals surface area contributed by atoms with Crippen molar-refractivity contribution in [3.05, 3.63) is 0 Å². The number of hydrogen-bond donors (Lipinski definition) is 8. The number of nitrogens with zero attached hydrogens (tertiary/aromatic N) is 4. The van der Waals surface area contributed by atoms with E-state index >= 15 is 0 Å². The molecule has 402 valence electrons. The summed E-state index contributed by atoms with van der Waals surface area (Å²) in [5, 5.41) is 5.52. The second kappa shape index (κ2) is 44.3. The van der Waals surface area contributed by atoms with Gasteiger partial charge in [-0.15, -0.1) is 0 Å². The molecule has 0 aliphatic rings. The summed E-state index contributed by atoms with van der Waals surface area (Å²) < 4.78 is 19.7. The van der Waals surface area contributed by atoms with Gasteiger partial charge in [0.2, 0.25) is 11.8 Å². The average molecular weight is 979 g/mol. The lowest BCUT2D eigenvalue weighted by atomic mass is 10.1. The number of carbonyl (C=O) groups is 6. The van der Waals surface area contributed by atoms with E-state index in [2.05, 4.69) is 29.9 Å². The molecule has 0 saturated heterocycles. The van der Waals surface area contributed by atoms with Gasteiger partial charge in [-0.05, 0) is 80.3 Å². The van der Waals surface area contributed by atoms with Gasteiger partial charge in [0, 0.05) is 118 Å². The summed E-state index contributed by atoms with van der Waals surface area (Å²) >= 11 is 0. The topological polar surface area (TPSA) is 332 Å². The van der Waals surface area contributed by atoms with Crippen LogP contribution in [-0.4, -0.2) is 199 Å². The lowest BCUT2D eigenvalue weighted by molar-refractivity contribution is -0.141. The summed E-state index contributed by atoms with van der Waals surface area (Å²) in [6.45, 7) is 20.7. The Balaban J connectivity index is -0.00000120. The van der Waals surface area contributed by atoms with Crippen LogP contribution >= 0.6 is 0 Å². The zero-order chi connectivity index (χ0) is 52.2. The van der Waals surface area contributed by atoms with Gasteiger partial charge in [-0.3, -0.25) is 19.2 Å². The molecule has 0 bridgehead atoms. The number of ether oxygens (including phenoxy) is 4. The maximum atomic E-state index is 12.7. The fourth-order valence-corrected chi connectivity index (χ4v) is 6.18. The molecular weight excluding hydrogens is 881 g/mol. The summed E-state index contributed by atoms with van der Waals surface area (Å²) in [5.41, 5.74) is 31.4. The Morgan fingerprint density at radius 3 is 0.956 bits per heavy atom. The van der Waals surface area contributed by atoms with Crippen LogP contribution in [-0.2, 0) is 38.1 Å². The van der Waals surface area contributed by atoms with Crippen LogP contribution in [0, 0.1) is 0 Å². The Morgan fingerprint density at radius 1 is 0.397 bits per heavy atom. The number of alkyl carbamates (subject to hydrolysis) is 2. The molecule has 0 unspecified atom stereocenters. The number of carbonyl (C=O) groups excluding carboxylic acids is 6. The average Bonchev–Trinajstić information content (AvgIpc) is 3.27. The van der Waals surface area contributed by atoms with Crippen LogP contribution < -0.4 is 45.0 Å². The number of rotatable bonds is 35. The van der Waals surface area contributed by atoms with Crippen LogP contribution in [0.15, 0.2) is 0 Å². The number of nitrogens with two attached hydrogens (primary N) is 6. The van der Waals surface area contributed by atoms with Gasteiger partial charge < -0.3 is 83.6 Å². The highest BCUT2D eigenvalue weighted by Crippen LogP contribution is 2.10. The van der Waals surface area contributed by atoms with Crippen molar-refractivity contribution in [2.75, 3.05) is 132 Å². The number of esters is 2. The Morgan fingerprint density at radius 2 is 0.691 bits per heavy atom. The number of hydrogen-bond acceptors (Lipinski definition) is 18. The Hall–Kier alpha value is -3.90. The molecule has 0 atom stereocenters. The van der Waals surface area contributed by atoms with Gasteiger partial charge in [0.1, 0.15) is 11.2 Å². The summed E-state index contributed by atoms with van der Waals surface area (Å²) in [4.78, 5) is 78.9. The molecule has 0 heterocycles. The molecule has 0 saturated carbocycles. The van der Waals surface area contributed by atoms with Crippen molar-refractivity contribution >= 4 is 35.9 Å². The third kappa shape index (κ3) is 45.9. The standard InChI is InChI=1S/C25H54N8O4.C19H36N2O6.C2H8N2/c1-25(2,3)37-24(36)30-14-6-4-5-7-15-31(16-8-22(34)32(18-10-26)19-11-27)17-9-23(35)33(20-12-28)21-13-29;1-19(2,3)27-18(24)20-12-8-6-7-9-13-21(14-10-16(22)25-4)15-11-17(23)26-5;3-1-2-4/h4-21,26-29H2,1-3H3,(H,30,36);6-15H2,1-5H3,(H,20,24);1-4H2. The zero-order valence-corrected chi connectivity index (χ0v) is 43.5. The van der Waals surface area contributed by atoms with Crippen LogP contribution in [0.3, 0.4) is 0 Å². The minimum Gasteiger partial charge on any atom is -0.469 e. The van der Waals surface area contributed by atoms with Crippen LogP contribution in [0.25, 0.3) is 0 Å². The van der Waals surface area contributed by atoms with Gasteiger partial charge in [0.15, 0.2) is 0 Å².